The second kappa shape index (κ2) is 3.72. The second-order valence-corrected chi connectivity index (χ2v) is 3.04. The number of hydrogen-bond donors (Lipinski definition) is 1. The van der Waals surface area contributed by atoms with Crippen molar-refractivity contribution in [1.82, 2.24) is 19.6 Å². The van der Waals surface area contributed by atoms with Crippen LogP contribution in [-0.2, 0) is 6.42 Å². The summed E-state index contributed by atoms with van der Waals surface area (Å²) in [6.45, 7) is 4.31. The molecule has 0 aliphatic rings. The van der Waals surface area contributed by atoms with Gasteiger partial charge in [-0.3, -0.25) is 9.78 Å². The third-order valence-electron chi connectivity index (χ3n) is 2.03. The van der Waals surface area contributed by atoms with E-state index < -0.39 is 0 Å². The average Bonchev–Trinajstić information content (AvgIpc) is 2.59. The number of H-pyrrole nitrogens is 1. The molecule has 0 aliphatic carbocycles. The number of aromatic nitrogens is 4. The van der Waals surface area contributed by atoms with Gasteiger partial charge in [-0.15, -0.1) is 5.10 Å². The molecule has 6 heteroatoms. The van der Waals surface area contributed by atoms with Crippen LogP contribution in [0.5, 0.6) is 6.01 Å². The van der Waals surface area contributed by atoms with Crippen LogP contribution in [0.2, 0.25) is 0 Å². The van der Waals surface area contributed by atoms with E-state index in [9.17, 15) is 4.79 Å². The van der Waals surface area contributed by atoms with Gasteiger partial charge in [0.15, 0.2) is 0 Å². The van der Waals surface area contributed by atoms with Crippen LogP contribution in [0, 0.1) is 0 Å². The first-order valence-electron chi connectivity index (χ1n) is 4.86. The molecule has 0 aromatic carbocycles. The predicted octanol–water partition coefficient (Wildman–Crippen LogP) is 0.379. The van der Waals surface area contributed by atoms with E-state index in [0.29, 0.717) is 12.4 Å². The van der Waals surface area contributed by atoms with Crippen LogP contribution < -0.4 is 10.3 Å². The molecule has 0 amide bonds. The van der Waals surface area contributed by atoms with Gasteiger partial charge in [0.1, 0.15) is 0 Å². The third-order valence-corrected chi connectivity index (χ3v) is 2.03. The summed E-state index contributed by atoms with van der Waals surface area (Å²) in [7, 11) is 0. The number of ether oxygens (including phenoxy) is 1. The van der Waals surface area contributed by atoms with Crippen LogP contribution in [0.25, 0.3) is 5.78 Å². The minimum Gasteiger partial charge on any atom is -0.463 e. The molecule has 1 N–H and O–H groups in total. The molecule has 0 radical (unpaired) electrons. The first-order chi connectivity index (χ1) is 7.24. The Balaban J connectivity index is 2.63. The third kappa shape index (κ3) is 1.70. The molecule has 2 aromatic rings. The van der Waals surface area contributed by atoms with E-state index in [1.165, 1.54) is 6.07 Å². The van der Waals surface area contributed by atoms with Gasteiger partial charge in [-0.25, -0.2) is 0 Å². The first-order valence-corrected chi connectivity index (χ1v) is 4.86. The van der Waals surface area contributed by atoms with E-state index in [1.807, 2.05) is 13.8 Å². The zero-order valence-electron chi connectivity index (χ0n) is 8.65. The summed E-state index contributed by atoms with van der Waals surface area (Å²) < 4.78 is 6.75. The molecule has 2 rings (SSSR count). The van der Waals surface area contributed by atoms with Gasteiger partial charge < -0.3 is 4.74 Å². The van der Waals surface area contributed by atoms with Gasteiger partial charge >= 0.3 is 6.01 Å². The highest BCUT2D eigenvalue weighted by Crippen LogP contribution is 2.06. The predicted molar refractivity (Wildman–Crippen MR) is 54.2 cm³/mol. The molecule has 0 saturated heterocycles. The Labute approximate surface area is 85.9 Å². The van der Waals surface area contributed by atoms with E-state index in [0.717, 1.165) is 12.1 Å². The van der Waals surface area contributed by atoms with E-state index >= 15 is 0 Å². The largest absolute Gasteiger partial charge is 0.463 e. The average molecular weight is 208 g/mol. The van der Waals surface area contributed by atoms with Gasteiger partial charge in [-0.05, 0) is 13.3 Å². The fraction of sp³-hybridized carbons (Fsp3) is 0.444. The highest BCUT2D eigenvalue weighted by Gasteiger charge is 2.08. The Hall–Kier alpha value is -1.85. The lowest BCUT2D eigenvalue weighted by Gasteiger charge is -1.97. The van der Waals surface area contributed by atoms with Gasteiger partial charge in [0, 0.05) is 6.07 Å². The maximum Gasteiger partial charge on any atom is 0.337 e. The molecule has 0 fully saturated rings. The molecule has 0 atom stereocenters. The summed E-state index contributed by atoms with van der Waals surface area (Å²) in [4.78, 5) is 17.9. The molecule has 2 aromatic heterocycles. The SMILES string of the molecule is CCOc1nc2[nH]c(=O)cc(CC)n2n1. The van der Waals surface area contributed by atoms with Crippen molar-refractivity contribution < 1.29 is 4.74 Å². The Kier molecular flexibility index (Phi) is 2.40. The van der Waals surface area contributed by atoms with E-state index in [1.54, 1.807) is 4.52 Å². The molecule has 0 unspecified atom stereocenters. The number of hydrogen-bond acceptors (Lipinski definition) is 4. The summed E-state index contributed by atoms with van der Waals surface area (Å²) in [5, 5.41) is 4.13. The van der Waals surface area contributed by atoms with Crippen molar-refractivity contribution in [2.45, 2.75) is 20.3 Å². The van der Waals surface area contributed by atoms with Gasteiger partial charge in [0.2, 0.25) is 5.78 Å². The highest BCUT2D eigenvalue weighted by atomic mass is 16.5. The topological polar surface area (TPSA) is 72.3 Å². The summed E-state index contributed by atoms with van der Waals surface area (Å²) in [5.74, 6) is 0.419. The lowest BCUT2D eigenvalue weighted by atomic mass is 10.3. The number of fused-ring (bicyclic) bond motifs is 1. The molecule has 0 bridgehead atoms. The summed E-state index contributed by atoms with van der Waals surface area (Å²) in [6, 6.07) is 1.80. The minimum atomic E-state index is -0.171. The number of rotatable bonds is 3. The Morgan fingerprint density at radius 1 is 1.53 bits per heavy atom. The summed E-state index contributed by atoms with van der Waals surface area (Å²) >= 11 is 0. The summed E-state index contributed by atoms with van der Waals surface area (Å²) in [5.41, 5.74) is 0.641. The molecule has 0 aliphatic heterocycles. The van der Waals surface area contributed by atoms with Crippen LogP contribution in [0.15, 0.2) is 10.9 Å². The first kappa shape index (κ1) is 9.70. The summed E-state index contributed by atoms with van der Waals surface area (Å²) in [6.07, 6.45) is 0.718. The Morgan fingerprint density at radius 3 is 3.00 bits per heavy atom. The van der Waals surface area contributed by atoms with Gasteiger partial charge in [0.25, 0.3) is 5.56 Å². The fourth-order valence-electron chi connectivity index (χ4n) is 1.38. The van der Waals surface area contributed by atoms with Crippen molar-refractivity contribution in [1.29, 1.82) is 0 Å². The molecule has 0 spiro atoms. The molecule has 15 heavy (non-hydrogen) atoms. The highest BCUT2D eigenvalue weighted by molar-refractivity contribution is 5.30. The molecule has 2 heterocycles. The number of aromatic amines is 1. The number of nitrogens with zero attached hydrogens (tertiary/aromatic N) is 3. The Bertz CT molecular complexity index is 528. The van der Waals surface area contributed by atoms with Crippen LogP contribution in [-0.4, -0.2) is 26.2 Å². The monoisotopic (exact) mass is 208 g/mol. The smallest absolute Gasteiger partial charge is 0.337 e. The van der Waals surface area contributed by atoms with Crippen molar-refractivity contribution in [3.63, 3.8) is 0 Å². The van der Waals surface area contributed by atoms with Crippen molar-refractivity contribution in [3.8, 4) is 6.01 Å². The van der Waals surface area contributed by atoms with Crippen molar-refractivity contribution >= 4 is 5.78 Å². The van der Waals surface area contributed by atoms with E-state index in [2.05, 4.69) is 15.1 Å². The van der Waals surface area contributed by atoms with Crippen molar-refractivity contribution in [2.24, 2.45) is 0 Å². The zero-order chi connectivity index (χ0) is 10.8. The Morgan fingerprint density at radius 2 is 2.33 bits per heavy atom. The molecule has 80 valence electrons. The van der Waals surface area contributed by atoms with Crippen LogP contribution in [0.3, 0.4) is 0 Å². The van der Waals surface area contributed by atoms with Crippen molar-refractivity contribution in [3.05, 3.63) is 22.1 Å². The van der Waals surface area contributed by atoms with Crippen LogP contribution in [0.1, 0.15) is 19.5 Å². The number of aryl methyl sites for hydroxylation is 1. The van der Waals surface area contributed by atoms with E-state index in [-0.39, 0.29) is 11.6 Å². The molecular formula is C9H12N4O2. The molecule has 6 nitrogen and oxygen atoms in total. The minimum absolute atomic E-state index is 0.171. The second-order valence-electron chi connectivity index (χ2n) is 3.04. The van der Waals surface area contributed by atoms with Gasteiger partial charge in [0.05, 0.1) is 12.3 Å². The molecule has 0 saturated carbocycles. The van der Waals surface area contributed by atoms with Gasteiger partial charge in [-0.1, -0.05) is 6.92 Å². The van der Waals surface area contributed by atoms with Crippen molar-refractivity contribution in [2.75, 3.05) is 6.61 Å². The zero-order valence-corrected chi connectivity index (χ0v) is 8.65. The molecular weight excluding hydrogens is 196 g/mol. The maximum atomic E-state index is 11.3. The fourth-order valence-corrected chi connectivity index (χ4v) is 1.38. The number of nitrogens with one attached hydrogen (secondary N) is 1. The van der Waals surface area contributed by atoms with Gasteiger partial charge in [-0.2, -0.15) is 9.50 Å². The maximum absolute atomic E-state index is 11.3. The van der Waals surface area contributed by atoms with Crippen LogP contribution >= 0.6 is 0 Å². The lowest BCUT2D eigenvalue weighted by molar-refractivity contribution is 0.313. The quantitative estimate of drug-likeness (QED) is 0.791. The normalized spacial score (nSPS) is 10.8. The van der Waals surface area contributed by atoms with Crippen LogP contribution in [0.4, 0.5) is 0 Å². The van der Waals surface area contributed by atoms with E-state index in [4.69, 9.17) is 4.74 Å². The lowest BCUT2D eigenvalue weighted by Crippen LogP contribution is -2.11. The standard InChI is InChI=1S/C9H12N4O2/c1-3-6-5-7(14)10-8-11-9(15-4-2)12-13(6)8/h5H,3-4H2,1-2H3,(H,10,11,12,14).